The van der Waals surface area contributed by atoms with Crippen molar-refractivity contribution < 1.29 is 14.3 Å². The Kier molecular flexibility index (Phi) is 3.71. The quantitative estimate of drug-likeness (QED) is 0.848. The first-order valence-corrected chi connectivity index (χ1v) is 6.36. The number of likely N-dealkylation sites (tertiary alicyclic amines) is 1. The molecule has 1 fully saturated rings. The summed E-state index contributed by atoms with van der Waals surface area (Å²) in [6, 6.07) is 5.93. The molecule has 0 bridgehead atoms. The minimum absolute atomic E-state index is 0.130. The van der Waals surface area contributed by atoms with Gasteiger partial charge in [-0.2, -0.15) is 0 Å². The molecule has 1 aromatic carbocycles. The highest BCUT2D eigenvalue weighted by Crippen LogP contribution is 2.28. The van der Waals surface area contributed by atoms with Crippen molar-refractivity contribution in [3.8, 4) is 0 Å². The number of amides is 1. The molecule has 1 aliphatic heterocycles. The minimum Gasteiger partial charge on any atom is -0.386 e. The summed E-state index contributed by atoms with van der Waals surface area (Å²) in [5.41, 5.74) is 0.0220. The highest BCUT2D eigenvalue weighted by Gasteiger charge is 2.45. The van der Waals surface area contributed by atoms with E-state index in [9.17, 15) is 14.3 Å². The number of hydrogen-bond acceptors (Lipinski definition) is 2. The zero-order valence-corrected chi connectivity index (χ0v) is 11.1. The molecular formula is C15H18FNO2. The monoisotopic (exact) mass is 263 g/mol. The molecule has 1 amide bonds. The lowest BCUT2D eigenvalue weighted by Gasteiger charge is -2.48. The largest absolute Gasteiger partial charge is 0.386 e. The lowest BCUT2D eigenvalue weighted by molar-refractivity contribution is -0.158. The first-order valence-electron chi connectivity index (χ1n) is 6.36. The normalized spacial score (nSPS) is 17.8. The van der Waals surface area contributed by atoms with Gasteiger partial charge < -0.3 is 10.0 Å². The van der Waals surface area contributed by atoms with Crippen LogP contribution in [0.2, 0.25) is 0 Å². The van der Waals surface area contributed by atoms with Crippen LogP contribution >= 0.6 is 0 Å². The third-order valence-corrected chi connectivity index (χ3v) is 3.60. The van der Waals surface area contributed by atoms with Crippen LogP contribution in [0.15, 0.2) is 30.3 Å². The molecule has 1 saturated heterocycles. The van der Waals surface area contributed by atoms with Gasteiger partial charge in [0.1, 0.15) is 11.4 Å². The van der Waals surface area contributed by atoms with Gasteiger partial charge in [-0.15, -0.1) is 0 Å². The predicted molar refractivity (Wildman–Crippen MR) is 71.8 cm³/mol. The fourth-order valence-electron chi connectivity index (χ4n) is 1.98. The number of aliphatic hydroxyl groups is 1. The molecule has 1 aromatic rings. The maximum absolute atomic E-state index is 12.7. The van der Waals surface area contributed by atoms with Gasteiger partial charge in [0, 0.05) is 6.08 Å². The Morgan fingerprint density at radius 3 is 2.47 bits per heavy atom. The Bertz CT molecular complexity index is 487. The first-order chi connectivity index (χ1) is 8.90. The van der Waals surface area contributed by atoms with E-state index in [-0.39, 0.29) is 17.6 Å². The van der Waals surface area contributed by atoms with Crippen molar-refractivity contribution in [3.05, 3.63) is 41.7 Å². The molecule has 0 spiro atoms. The summed E-state index contributed by atoms with van der Waals surface area (Å²) >= 11 is 0. The molecule has 1 N–H and O–H groups in total. The Labute approximate surface area is 112 Å². The van der Waals surface area contributed by atoms with Crippen LogP contribution in [0.1, 0.15) is 19.4 Å². The summed E-state index contributed by atoms with van der Waals surface area (Å²) in [7, 11) is 0. The van der Waals surface area contributed by atoms with Crippen molar-refractivity contribution >= 4 is 12.0 Å². The Hall–Kier alpha value is -1.68. The summed E-state index contributed by atoms with van der Waals surface area (Å²) in [6.45, 7) is 4.63. The maximum atomic E-state index is 12.7. The lowest BCUT2D eigenvalue weighted by atomic mass is 9.83. The highest BCUT2D eigenvalue weighted by molar-refractivity contribution is 5.92. The van der Waals surface area contributed by atoms with Gasteiger partial charge in [0.2, 0.25) is 5.91 Å². The van der Waals surface area contributed by atoms with Gasteiger partial charge in [-0.25, -0.2) is 4.39 Å². The van der Waals surface area contributed by atoms with E-state index >= 15 is 0 Å². The van der Waals surface area contributed by atoms with Gasteiger partial charge in [-0.05, 0) is 29.7 Å². The molecule has 0 saturated carbocycles. The molecule has 4 heteroatoms. The molecular weight excluding hydrogens is 245 g/mol. The topological polar surface area (TPSA) is 40.5 Å². The maximum Gasteiger partial charge on any atom is 0.246 e. The second-order valence-electron chi connectivity index (χ2n) is 5.34. The van der Waals surface area contributed by atoms with Crippen LogP contribution in [-0.2, 0) is 4.79 Å². The third kappa shape index (κ3) is 3.01. The Morgan fingerprint density at radius 2 is 1.95 bits per heavy atom. The van der Waals surface area contributed by atoms with Gasteiger partial charge in [-0.3, -0.25) is 4.79 Å². The first kappa shape index (κ1) is 13.7. The highest BCUT2D eigenvalue weighted by atomic mass is 19.1. The number of benzene rings is 1. The number of hydrogen-bond donors (Lipinski definition) is 1. The summed E-state index contributed by atoms with van der Waals surface area (Å²) in [6.07, 6.45) is 3.10. The molecule has 0 aliphatic carbocycles. The van der Waals surface area contributed by atoms with Crippen LogP contribution in [0.3, 0.4) is 0 Å². The van der Waals surface area contributed by atoms with Crippen molar-refractivity contribution in [1.29, 1.82) is 0 Å². The van der Waals surface area contributed by atoms with E-state index in [4.69, 9.17) is 0 Å². The van der Waals surface area contributed by atoms with Crippen molar-refractivity contribution in [3.63, 3.8) is 0 Å². The molecule has 0 unspecified atom stereocenters. The lowest BCUT2D eigenvalue weighted by Crippen LogP contribution is -2.65. The standard InChI is InChI=1S/C15H18FNO2/c1-11(2)15(19)9-17(10-15)14(18)8-5-12-3-6-13(16)7-4-12/h3-8,11,19H,9-10H2,1-2H3. The van der Waals surface area contributed by atoms with Crippen molar-refractivity contribution in [2.24, 2.45) is 5.92 Å². The average Bonchev–Trinajstić information content (AvgIpc) is 2.33. The SMILES string of the molecule is CC(C)C1(O)CN(C(=O)C=Cc2ccc(F)cc2)C1. The van der Waals surface area contributed by atoms with E-state index in [1.807, 2.05) is 13.8 Å². The zero-order valence-electron chi connectivity index (χ0n) is 11.1. The number of nitrogens with zero attached hydrogens (tertiary/aromatic N) is 1. The number of rotatable bonds is 3. The van der Waals surface area contributed by atoms with Gasteiger partial charge in [-0.1, -0.05) is 26.0 Å². The van der Waals surface area contributed by atoms with Crippen LogP contribution in [0.4, 0.5) is 4.39 Å². The molecule has 102 valence electrons. The van der Waals surface area contributed by atoms with E-state index < -0.39 is 5.60 Å². The summed E-state index contributed by atoms with van der Waals surface area (Å²) in [4.78, 5) is 13.4. The number of carbonyl (C=O) groups is 1. The van der Waals surface area contributed by atoms with Crippen LogP contribution in [0, 0.1) is 11.7 Å². The molecule has 2 rings (SSSR count). The van der Waals surface area contributed by atoms with Crippen molar-refractivity contribution in [2.75, 3.05) is 13.1 Å². The molecule has 1 aliphatic rings. The summed E-state index contributed by atoms with van der Waals surface area (Å²) in [5, 5.41) is 10.1. The van der Waals surface area contributed by atoms with Gasteiger partial charge in [0.25, 0.3) is 0 Å². The fraction of sp³-hybridized carbons (Fsp3) is 0.400. The second kappa shape index (κ2) is 5.13. The number of halogens is 1. The predicted octanol–water partition coefficient (Wildman–Crippen LogP) is 2.07. The van der Waals surface area contributed by atoms with E-state index in [0.717, 1.165) is 5.56 Å². The van der Waals surface area contributed by atoms with Crippen LogP contribution < -0.4 is 0 Å². The molecule has 0 radical (unpaired) electrons. The van der Waals surface area contributed by atoms with Gasteiger partial charge in [0.15, 0.2) is 0 Å². The van der Waals surface area contributed by atoms with Crippen molar-refractivity contribution in [1.82, 2.24) is 4.90 Å². The van der Waals surface area contributed by atoms with Crippen LogP contribution in [0.5, 0.6) is 0 Å². The minimum atomic E-state index is -0.751. The molecule has 19 heavy (non-hydrogen) atoms. The van der Waals surface area contributed by atoms with Crippen LogP contribution in [-0.4, -0.2) is 34.6 Å². The zero-order chi connectivity index (χ0) is 14.0. The summed E-state index contributed by atoms with van der Waals surface area (Å²) < 4.78 is 12.7. The second-order valence-corrected chi connectivity index (χ2v) is 5.34. The number of carbonyl (C=O) groups excluding carboxylic acids is 1. The van der Waals surface area contributed by atoms with Crippen molar-refractivity contribution in [2.45, 2.75) is 19.4 Å². The van der Waals surface area contributed by atoms with Gasteiger partial charge in [0.05, 0.1) is 13.1 Å². The van der Waals surface area contributed by atoms with E-state index in [0.29, 0.717) is 13.1 Å². The fourth-order valence-corrected chi connectivity index (χ4v) is 1.98. The van der Waals surface area contributed by atoms with E-state index in [2.05, 4.69) is 0 Å². The molecule has 3 nitrogen and oxygen atoms in total. The number of β-amino-alcohol motifs (C(OH)–C–C–N with tert-alkyl or cyclic N) is 1. The van der Waals surface area contributed by atoms with Crippen LogP contribution in [0.25, 0.3) is 6.08 Å². The average molecular weight is 263 g/mol. The smallest absolute Gasteiger partial charge is 0.246 e. The Balaban J connectivity index is 1.91. The van der Waals surface area contributed by atoms with E-state index in [1.165, 1.54) is 18.2 Å². The van der Waals surface area contributed by atoms with E-state index in [1.54, 1.807) is 23.1 Å². The molecule has 1 heterocycles. The van der Waals surface area contributed by atoms with Gasteiger partial charge >= 0.3 is 0 Å². The summed E-state index contributed by atoms with van der Waals surface area (Å²) in [5.74, 6) is -0.291. The third-order valence-electron chi connectivity index (χ3n) is 3.60. The molecule has 0 atom stereocenters. The Morgan fingerprint density at radius 1 is 1.37 bits per heavy atom. The molecule has 0 aromatic heterocycles.